The zero-order valence-corrected chi connectivity index (χ0v) is 16.6. The third-order valence-corrected chi connectivity index (χ3v) is 4.67. The van der Waals surface area contributed by atoms with Crippen molar-refractivity contribution < 1.29 is 22.4 Å². The SMILES string of the molecule is O=C(NCC(F)c1ccc(-c2cncc(Cl)c2)cc1Cl)c1cccnc1C(F)(F)F. The lowest BCUT2D eigenvalue weighted by Crippen LogP contribution is -2.29. The van der Waals surface area contributed by atoms with Gasteiger partial charge in [0.2, 0.25) is 0 Å². The maximum atomic E-state index is 14.6. The van der Waals surface area contributed by atoms with Gasteiger partial charge in [-0.2, -0.15) is 13.2 Å². The van der Waals surface area contributed by atoms with Gasteiger partial charge < -0.3 is 5.32 Å². The summed E-state index contributed by atoms with van der Waals surface area (Å²) >= 11 is 12.1. The second-order valence-electron chi connectivity index (χ2n) is 6.20. The zero-order valence-electron chi connectivity index (χ0n) is 15.1. The summed E-state index contributed by atoms with van der Waals surface area (Å²) in [6, 6.07) is 8.38. The molecule has 0 aliphatic heterocycles. The molecule has 0 fully saturated rings. The van der Waals surface area contributed by atoms with E-state index in [-0.39, 0.29) is 10.6 Å². The van der Waals surface area contributed by atoms with Gasteiger partial charge in [0.25, 0.3) is 5.91 Å². The van der Waals surface area contributed by atoms with Crippen molar-refractivity contribution in [1.29, 1.82) is 0 Å². The van der Waals surface area contributed by atoms with E-state index >= 15 is 0 Å². The Morgan fingerprint density at radius 3 is 2.53 bits per heavy atom. The van der Waals surface area contributed by atoms with Crippen molar-refractivity contribution in [3.05, 3.63) is 81.9 Å². The molecule has 0 aliphatic carbocycles. The topological polar surface area (TPSA) is 54.9 Å². The van der Waals surface area contributed by atoms with Crippen LogP contribution in [0.15, 0.2) is 55.0 Å². The van der Waals surface area contributed by atoms with Gasteiger partial charge in [-0.05, 0) is 29.8 Å². The molecule has 2 heterocycles. The van der Waals surface area contributed by atoms with Crippen molar-refractivity contribution in [2.75, 3.05) is 6.54 Å². The van der Waals surface area contributed by atoms with Gasteiger partial charge >= 0.3 is 6.18 Å². The molecule has 0 bridgehead atoms. The number of hydrogen-bond donors (Lipinski definition) is 1. The van der Waals surface area contributed by atoms with E-state index in [0.29, 0.717) is 16.1 Å². The van der Waals surface area contributed by atoms with Crippen LogP contribution in [-0.2, 0) is 6.18 Å². The van der Waals surface area contributed by atoms with Crippen LogP contribution in [-0.4, -0.2) is 22.4 Å². The number of rotatable bonds is 5. The number of nitrogens with one attached hydrogen (secondary N) is 1. The van der Waals surface area contributed by atoms with Crippen LogP contribution >= 0.6 is 23.2 Å². The van der Waals surface area contributed by atoms with Gasteiger partial charge in [-0.1, -0.05) is 35.3 Å². The Labute approximate surface area is 178 Å². The summed E-state index contributed by atoms with van der Waals surface area (Å²) in [5.74, 6) is -1.09. The lowest BCUT2D eigenvalue weighted by molar-refractivity contribution is -0.141. The van der Waals surface area contributed by atoms with Gasteiger partial charge in [0.15, 0.2) is 5.69 Å². The quantitative estimate of drug-likeness (QED) is 0.484. The molecule has 0 saturated heterocycles. The Kier molecular flexibility index (Phi) is 6.58. The van der Waals surface area contributed by atoms with E-state index in [1.807, 2.05) is 0 Å². The predicted octanol–water partition coefficient (Wildman–Crippen LogP) is 5.91. The number of aromatic nitrogens is 2. The van der Waals surface area contributed by atoms with E-state index in [0.717, 1.165) is 12.3 Å². The second kappa shape index (κ2) is 8.97. The number of benzene rings is 1. The van der Waals surface area contributed by atoms with Gasteiger partial charge in [0.05, 0.1) is 17.1 Å². The highest BCUT2D eigenvalue weighted by Gasteiger charge is 2.37. The Morgan fingerprint density at radius 2 is 1.87 bits per heavy atom. The highest BCUT2D eigenvalue weighted by molar-refractivity contribution is 6.32. The molecule has 1 atom stereocenters. The van der Waals surface area contributed by atoms with Crippen LogP contribution < -0.4 is 5.32 Å². The number of carbonyl (C=O) groups is 1. The summed E-state index contributed by atoms with van der Waals surface area (Å²) < 4.78 is 53.6. The molecule has 3 rings (SSSR count). The molecule has 1 N–H and O–H groups in total. The molecule has 0 radical (unpaired) electrons. The van der Waals surface area contributed by atoms with Crippen LogP contribution in [0, 0.1) is 0 Å². The average molecular weight is 458 g/mol. The van der Waals surface area contributed by atoms with Crippen molar-refractivity contribution in [2.45, 2.75) is 12.3 Å². The smallest absolute Gasteiger partial charge is 0.349 e. The molecule has 1 unspecified atom stereocenters. The van der Waals surface area contributed by atoms with E-state index in [1.165, 1.54) is 24.4 Å². The molecule has 30 heavy (non-hydrogen) atoms. The molecule has 0 saturated carbocycles. The molecule has 0 spiro atoms. The lowest BCUT2D eigenvalue weighted by atomic mass is 10.0. The molecule has 1 aromatic carbocycles. The van der Waals surface area contributed by atoms with Crippen LogP contribution in [0.5, 0.6) is 0 Å². The van der Waals surface area contributed by atoms with Crippen LogP contribution in [0.3, 0.4) is 0 Å². The number of hydrogen-bond acceptors (Lipinski definition) is 3. The van der Waals surface area contributed by atoms with E-state index in [1.54, 1.807) is 18.3 Å². The van der Waals surface area contributed by atoms with E-state index < -0.39 is 36.1 Å². The Balaban J connectivity index is 1.73. The zero-order chi connectivity index (χ0) is 21.9. The van der Waals surface area contributed by atoms with Crippen molar-refractivity contribution in [3.63, 3.8) is 0 Å². The summed E-state index contributed by atoms with van der Waals surface area (Å²) in [6.07, 6.45) is -2.59. The molecule has 2 aromatic heterocycles. The molecule has 10 heteroatoms. The predicted molar refractivity (Wildman–Crippen MR) is 105 cm³/mol. The summed E-state index contributed by atoms with van der Waals surface area (Å²) in [5, 5.41) is 2.66. The average Bonchev–Trinajstić information content (AvgIpc) is 2.71. The fourth-order valence-electron chi connectivity index (χ4n) is 2.73. The van der Waals surface area contributed by atoms with Gasteiger partial charge in [-0.3, -0.25) is 14.8 Å². The summed E-state index contributed by atoms with van der Waals surface area (Å²) in [7, 11) is 0. The number of pyridine rings is 2. The molecular weight excluding hydrogens is 445 g/mol. The Bertz CT molecular complexity index is 1080. The van der Waals surface area contributed by atoms with Gasteiger partial charge in [-0.25, -0.2) is 4.39 Å². The largest absolute Gasteiger partial charge is 0.434 e. The Hall–Kier alpha value is -2.71. The second-order valence-corrected chi connectivity index (χ2v) is 7.05. The monoisotopic (exact) mass is 457 g/mol. The minimum atomic E-state index is -4.81. The molecule has 4 nitrogen and oxygen atoms in total. The third kappa shape index (κ3) is 5.06. The number of amides is 1. The van der Waals surface area contributed by atoms with E-state index in [2.05, 4.69) is 15.3 Å². The fraction of sp³-hybridized carbons (Fsp3) is 0.150. The molecule has 156 valence electrons. The lowest BCUT2D eigenvalue weighted by Gasteiger charge is -2.15. The number of carbonyl (C=O) groups excluding carboxylic acids is 1. The standard InChI is InChI=1S/C20H13Cl2F4N3O/c21-13-6-12(8-27-9-13)11-3-4-14(16(22)7-11)17(23)10-29-19(30)15-2-1-5-28-18(15)20(24,25)26/h1-9,17H,10H2,(H,29,30). The first-order valence-electron chi connectivity index (χ1n) is 8.51. The number of alkyl halides is 4. The van der Waals surface area contributed by atoms with Crippen LogP contribution in [0.2, 0.25) is 10.0 Å². The molecule has 1 amide bonds. The van der Waals surface area contributed by atoms with Crippen LogP contribution in [0.25, 0.3) is 11.1 Å². The summed E-state index contributed by atoms with van der Waals surface area (Å²) in [6.45, 7) is -0.567. The number of halogens is 6. The van der Waals surface area contributed by atoms with Crippen LogP contribution in [0.1, 0.15) is 27.8 Å². The maximum absolute atomic E-state index is 14.6. The van der Waals surface area contributed by atoms with Crippen molar-refractivity contribution >= 4 is 29.1 Å². The summed E-state index contributed by atoms with van der Waals surface area (Å²) in [5.41, 5.74) is -0.614. The van der Waals surface area contributed by atoms with Crippen molar-refractivity contribution in [3.8, 4) is 11.1 Å². The minimum absolute atomic E-state index is 0.0814. The van der Waals surface area contributed by atoms with Crippen molar-refractivity contribution in [1.82, 2.24) is 15.3 Å². The first kappa shape index (κ1) is 22.0. The highest BCUT2D eigenvalue weighted by Crippen LogP contribution is 2.32. The van der Waals surface area contributed by atoms with Gasteiger partial charge in [0, 0.05) is 34.7 Å². The first-order chi connectivity index (χ1) is 14.2. The van der Waals surface area contributed by atoms with Gasteiger partial charge in [-0.15, -0.1) is 0 Å². The Morgan fingerprint density at radius 1 is 1.10 bits per heavy atom. The molecule has 0 aliphatic rings. The first-order valence-corrected chi connectivity index (χ1v) is 9.27. The van der Waals surface area contributed by atoms with E-state index in [4.69, 9.17) is 23.2 Å². The van der Waals surface area contributed by atoms with Gasteiger partial charge in [0.1, 0.15) is 6.17 Å². The normalized spacial score (nSPS) is 12.5. The van der Waals surface area contributed by atoms with E-state index in [9.17, 15) is 22.4 Å². The molecule has 3 aromatic rings. The highest BCUT2D eigenvalue weighted by atomic mass is 35.5. The number of nitrogens with zero attached hydrogens (tertiary/aromatic N) is 2. The van der Waals surface area contributed by atoms with Crippen LogP contribution in [0.4, 0.5) is 17.6 Å². The summed E-state index contributed by atoms with van der Waals surface area (Å²) in [4.78, 5) is 19.3. The molecular formula is C20H13Cl2F4N3O. The maximum Gasteiger partial charge on any atom is 0.434 e. The van der Waals surface area contributed by atoms with Crippen molar-refractivity contribution in [2.24, 2.45) is 0 Å². The fourth-order valence-corrected chi connectivity index (χ4v) is 3.21. The third-order valence-electron chi connectivity index (χ3n) is 4.14. The minimum Gasteiger partial charge on any atom is -0.349 e.